The Kier molecular flexibility index (Phi) is 3.88. The number of likely N-dealkylation sites (tertiary alicyclic amines) is 1. The maximum atomic E-state index is 5.62. The monoisotopic (exact) mass is 226 g/mol. The van der Waals surface area contributed by atoms with Crippen LogP contribution in [0.4, 0.5) is 0 Å². The number of nitrogens with zero attached hydrogens (tertiary/aromatic N) is 1. The highest BCUT2D eigenvalue weighted by Gasteiger charge is 2.32. The van der Waals surface area contributed by atoms with Gasteiger partial charge in [-0.2, -0.15) is 0 Å². The molecule has 0 saturated carbocycles. The van der Waals surface area contributed by atoms with E-state index in [2.05, 4.69) is 31.1 Å². The molecular formula is C13H26N2O. The minimum Gasteiger partial charge on any atom is -0.378 e. The summed E-state index contributed by atoms with van der Waals surface area (Å²) in [6, 6.07) is 0.769. The minimum absolute atomic E-state index is 0.368. The predicted octanol–water partition coefficient (Wildman–Crippen LogP) is 1.63. The van der Waals surface area contributed by atoms with Gasteiger partial charge in [0.25, 0.3) is 0 Å². The molecule has 0 aromatic carbocycles. The van der Waals surface area contributed by atoms with E-state index < -0.39 is 0 Å². The van der Waals surface area contributed by atoms with Crippen LogP contribution in [0.1, 0.15) is 39.5 Å². The average Bonchev–Trinajstić information content (AvgIpc) is 2.30. The summed E-state index contributed by atoms with van der Waals surface area (Å²) in [5.41, 5.74) is 0.368. The zero-order valence-corrected chi connectivity index (χ0v) is 11.0. The summed E-state index contributed by atoms with van der Waals surface area (Å²) >= 11 is 0. The molecule has 0 bridgehead atoms. The molecule has 3 heteroatoms. The third kappa shape index (κ3) is 2.76. The van der Waals surface area contributed by atoms with Crippen LogP contribution in [0.25, 0.3) is 0 Å². The summed E-state index contributed by atoms with van der Waals surface area (Å²) in [4.78, 5) is 2.68. The number of piperidine rings is 1. The predicted molar refractivity (Wildman–Crippen MR) is 66.7 cm³/mol. The summed E-state index contributed by atoms with van der Waals surface area (Å²) in [6.45, 7) is 7.99. The first-order valence-corrected chi connectivity index (χ1v) is 6.67. The van der Waals surface area contributed by atoms with E-state index in [1.165, 1.54) is 38.8 Å². The van der Waals surface area contributed by atoms with Crippen molar-refractivity contribution in [3.63, 3.8) is 0 Å². The van der Waals surface area contributed by atoms with Gasteiger partial charge in [0.1, 0.15) is 0 Å². The summed E-state index contributed by atoms with van der Waals surface area (Å²) < 4.78 is 5.62. The van der Waals surface area contributed by atoms with Crippen LogP contribution in [0.3, 0.4) is 0 Å². The Hall–Kier alpha value is -0.120. The quantitative estimate of drug-likeness (QED) is 0.774. The average molecular weight is 226 g/mol. The van der Waals surface area contributed by atoms with E-state index in [9.17, 15) is 0 Å². The summed E-state index contributed by atoms with van der Waals surface area (Å²) in [7, 11) is 2.09. The number of ether oxygens (including phenoxy) is 1. The molecule has 16 heavy (non-hydrogen) atoms. The molecule has 1 N–H and O–H groups in total. The second kappa shape index (κ2) is 5.03. The van der Waals surface area contributed by atoms with Crippen molar-refractivity contribution in [1.82, 2.24) is 10.2 Å². The lowest BCUT2D eigenvalue weighted by Gasteiger charge is -2.44. The van der Waals surface area contributed by atoms with Crippen LogP contribution >= 0.6 is 0 Å². The molecule has 2 saturated heterocycles. The van der Waals surface area contributed by atoms with Gasteiger partial charge in [-0.3, -0.25) is 0 Å². The molecule has 0 amide bonds. The number of rotatable bonds is 2. The number of nitrogens with one attached hydrogen (secondary N) is 1. The van der Waals surface area contributed by atoms with Crippen molar-refractivity contribution in [2.75, 3.05) is 26.7 Å². The fraction of sp³-hybridized carbons (Fsp3) is 1.00. The van der Waals surface area contributed by atoms with E-state index in [-0.39, 0.29) is 0 Å². The molecule has 2 rings (SSSR count). The van der Waals surface area contributed by atoms with E-state index in [1.54, 1.807) is 0 Å². The molecule has 94 valence electrons. The zero-order chi connectivity index (χ0) is 11.6. The van der Waals surface area contributed by atoms with Crippen LogP contribution in [-0.2, 0) is 4.74 Å². The Labute approximate surface area is 99.5 Å². The number of hydrogen-bond acceptors (Lipinski definition) is 3. The third-order valence-corrected chi connectivity index (χ3v) is 4.48. The van der Waals surface area contributed by atoms with Gasteiger partial charge in [-0.25, -0.2) is 0 Å². The first-order valence-electron chi connectivity index (χ1n) is 6.67. The maximum Gasteiger partial charge on any atom is 0.0561 e. The maximum absolute atomic E-state index is 5.62. The van der Waals surface area contributed by atoms with Crippen LogP contribution in [-0.4, -0.2) is 49.3 Å². The standard InChI is InChI=1S/C13H26N2O/c1-11-10-12(4-9-16-11)15-7-5-13(2,14-3)6-8-15/h11-12,14H,4-10H2,1-3H3. The Bertz CT molecular complexity index is 224. The summed E-state index contributed by atoms with van der Waals surface area (Å²) in [5.74, 6) is 0. The van der Waals surface area contributed by atoms with Crippen molar-refractivity contribution in [3.05, 3.63) is 0 Å². The second-order valence-corrected chi connectivity index (χ2v) is 5.71. The highest BCUT2D eigenvalue weighted by atomic mass is 16.5. The first-order chi connectivity index (χ1) is 7.63. The Morgan fingerprint density at radius 3 is 2.56 bits per heavy atom. The Balaban J connectivity index is 1.84. The largest absolute Gasteiger partial charge is 0.378 e. The van der Waals surface area contributed by atoms with Gasteiger partial charge in [-0.1, -0.05) is 0 Å². The van der Waals surface area contributed by atoms with Gasteiger partial charge in [-0.15, -0.1) is 0 Å². The molecule has 2 unspecified atom stereocenters. The van der Waals surface area contributed by atoms with Gasteiger partial charge in [0.05, 0.1) is 6.10 Å². The van der Waals surface area contributed by atoms with Gasteiger partial charge in [0.15, 0.2) is 0 Å². The van der Waals surface area contributed by atoms with Gasteiger partial charge < -0.3 is 15.0 Å². The molecule has 0 spiro atoms. The molecular weight excluding hydrogens is 200 g/mol. The van der Waals surface area contributed by atoms with Crippen molar-refractivity contribution < 1.29 is 4.74 Å². The minimum atomic E-state index is 0.368. The summed E-state index contributed by atoms with van der Waals surface area (Å²) in [6.07, 6.45) is 5.44. The van der Waals surface area contributed by atoms with Crippen LogP contribution in [0.5, 0.6) is 0 Å². The first kappa shape index (κ1) is 12.3. The van der Waals surface area contributed by atoms with E-state index in [1.807, 2.05) is 0 Å². The van der Waals surface area contributed by atoms with Crippen LogP contribution < -0.4 is 5.32 Å². The molecule has 2 heterocycles. The number of hydrogen-bond donors (Lipinski definition) is 1. The highest BCUT2D eigenvalue weighted by molar-refractivity contribution is 4.91. The molecule has 0 radical (unpaired) electrons. The Morgan fingerprint density at radius 1 is 1.31 bits per heavy atom. The van der Waals surface area contributed by atoms with Crippen molar-refractivity contribution in [3.8, 4) is 0 Å². The lowest BCUT2D eigenvalue weighted by Crippen LogP contribution is -2.53. The molecule has 0 aliphatic carbocycles. The third-order valence-electron chi connectivity index (χ3n) is 4.48. The van der Waals surface area contributed by atoms with E-state index >= 15 is 0 Å². The molecule has 0 aromatic rings. The molecule has 2 fully saturated rings. The van der Waals surface area contributed by atoms with Crippen molar-refractivity contribution in [1.29, 1.82) is 0 Å². The summed E-state index contributed by atoms with van der Waals surface area (Å²) in [5, 5.41) is 3.46. The zero-order valence-electron chi connectivity index (χ0n) is 11.0. The van der Waals surface area contributed by atoms with Crippen molar-refractivity contribution >= 4 is 0 Å². The van der Waals surface area contributed by atoms with Crippen LogP contribution in [0.2, 0.25) is 0 Å². The normalized spacial score (nSPS) is 36.2. The topological polar surface area (TPSA) is 24.5 Å². The van der Waals surface area contributed by atoms with Crippen molar-refractivity contribution in [2.45, 2.75) is 57.2 Å². The van der Waals surface area contributed by atoms with E-state index in [0.29, 0.717) is 11.6 Å². The van der Waals surface area contributed by atoms with Crippen LogP contribution in [0.15, 0.2) is 0 Å². The molecule has 2 aliphatic rings. The lowest BCUT2D eigenvalue weighted by molar-refractivity contribution is -0.0267. The molecule has 2 aliphatic heterocycles. The van der Waals surface area contributed by atoms with Gasteiger partial charge in [0, 0.05) is 31.3 Å². The van der Waals surface area contributed by atoms with Gasteiger partial charge >= 0.3 is 0 Å². The lowest BCUT2D eigenvalue weighted by atomic mass is 9.88. The van der Waals surface area contributed by atoms with E-state index in [4.69, 9.17) is 4.74 Å². The molecule has 3 nitrogen and oxygen atoms in total. The second-order valence-electron chi connectivity index (χ2n) is 5.71. The molecule has 2 atom stereocenters. The van der Waals surface area contributed by atoms with Gasteiger partial charge in [0.2, 0.25) is 0 Å². The fourth-order valence-electron chi connectivity index (χ4n) is 2.94. The van der Waals surface area contributed by atoms with Gasteiger partial charge in [-0.05, 0) is 46.6 Å². The van der Waals surface area contributed by atoms with Crippen molar-refractivity contribution in [2.24, 2.45) is 0 Å². The smallest absolute Gasteiger partial charge is 0.0561 e. The fourth-order valence-corrected chi connectivity index (χ4v) is 2.94. The SMILES string of the molecule is CNC1(C)CCN(C2CCOC(C)C2)CC1. The highest BCUT2D eigenvalue weighted by Crippen LogP contribution is 2.26. The van der Waals surface area contributed by atoms with Crippen LogP contribution in [0, 0.1) is 0 Å². The Morgan fingerprint density at radius 2 is 2.00 bits per heavy atom. The van der Waals surface area contributed by atoms with E-state index in [0.717, 1.165) is 12.6 Å². The molecule has 0 aromatic heterocycles.